The SMILES string of the molecule is O=C(NC(=S)Nc1ccccc1C(=O)N1CCOCC1)c1ccc(Br)o1. The fourth-order valence-electron chi connectivity index (χ4n) is 2.47. The molecule has 3 rings (SSSR count). The monoisotopic (exact) mass is 437 g/mol. The van der Waals surface area contributed by atoms with Crippen molar-refractivity contribution in [2.24, 2.45) is 0 Å². The lowest BCUT2D eigenvalue weighted by Crippen LogP contribution is -2.41. The number of halogens is 1. The third-order valence-electron chi connectivity index (χ3n) is 3.73. The fraction of sp³-hybridized carbons (Fsp3) is 0.235. The Labute approximate surface area is 163 Å². The molecule has 1 fully saturated rings. The molecule has 0 radical (unpaired) electrons. The number of benzene rings is 1. The van der Waals surface area contributed by atoms with Crippen LogP contribution in [0.3, 0.4) is 0 Å². The first-order valence-electron chi connectivity index (χ1n) is 7.88. The molecule has 2 amide bonds. The summed E-state index contributed by atoms with van der Waals surface area (Å²) >= 11 is 8.32. The molecule has 26 heavy (non-hydrogen) atoms. The molecule has 0 saturated carbocycles. The van der Waals surface area contributed by atoms with Crippen LogP contribution in [0.4, 0.5) is 5.69 Å². The van der Waals surface area contributed by atoms with E-state index in [0.29, 0.717) is 42.2 Å². The molecule has 1 aromatic heterocycles. The zero-order valence-electron chi connectivity index (χ0n) is 13.7. The molecule has 2 heterocycles. The normalized spacial score (nSPS) is 14.0. The largest absolute Gasteiger partial charge is 0.444 e. The van der Waals surface area contributed by atoms with Crippen LogP contribution in [0, 0.1) is 0 Å². The van der Waals surface area contributed by atoms with E-state index in [2.05, 4.69) is 26.6 Å². The van der Waals surface area contributed by atoms with E-state index in [-0.39, 0.29) is 16.8 Å². The Morgan fingerprint density at radius 3 is 2.54 bits per heavy atom. The van der Waals surface area contributed by atoms with Crippen molar-refractivity contribution in [1.82, 2.24) is 10.2 Å². The van der Waals surface area contributed by atoms with Crippen LogP contribution < -0.4 is 10.6 Å². The van der Waals surface area contributed by atoms with Crippen LogP contribution in [0.2, 0.25) is 0 Å². The number of furan rings is 1. The minimum absolute atomic E-state index is 0.0738. The number of hydrogen-bond acceptors (Lipinski definition) is 5. The van der Waals surface area contributed by atoms with Crippen molar-refractivity contribution in [3.63, 3.8) is 0 Å². The van der Waals surface area contributed by atoms with Crippen molar-refractivity contribution >= 4 is 50.8 Å². The van der Waals surface area contributed by atoms with Gasteiger partial charge in [-0.05, 0) is 52.4 Å². The first kappa shape index (κ1) is 18.6. The third kappa shape index (κ3) is 4.48. The number of carbonyl (C=O) groups is 2. The Hall–Kier alpha value is -2.23. The van der Waals surface area contributed by atoms with Gasteiger partial charge in [0.2, 0.25) is 0 Å². The number of nitrogens with one attached hydrogen (secondary N) is 2. The van der Waals surface area contributed by atoms with Crippen LogP contribution >= 0.6 is 28.1 Å². The van der Waals surface area contributed by atoms with Crippen LogP contribution in [0.1, 0.15) is 20.9 Å². The summed E-state index contributed by atoms with van der Waals surface area (Å²) in [5.41, 5.74) is 1.00. The van der Waals surface area contributed by atoms with Gasteiger partial charge in [0.25, 0.3) is 11.8 Å². The number of rotatable bonds is 3. The lowest BCUT2D eigenvalue weighted by molar-refractivity contribution is 0.0303. The summed E-state index contributed by atoms with van der Waals surface area (Å²) in [6, 6.07) is 10.1. The van der Waals surface area contributed by atoms with Crippen molar-refractivity contribution in [2.75, 3.05) is 31.6 Å². The van der Waals surface area contributed by atoms with Crippen molar-refractivity contribution < 1.29 is 18.7 Å². The second-order valence-electron chi connectivity index (χ2n) is 5.46. The molecular weight excluding hydrogens is 422 g/mol. The quantitative estimate of drug-likeness (QED) is 0.718. The van der Waals surface area contributed by atoms with Gasteiger partial charge >= 0.3 is 0 Å². The van der Waals surface area contributed by atoms with E-state index in [9.17, 15) is 9.59 Å². The van der Waals surface area contributed by atoms with Crippen LogP contribution in [0.15, 0.2) is 45.5 Å². The highest BCUT2D eigenvalue weighted by atomic mass is 79.9. The third-order valence-corrected chi connectivity index (χ3v) is 4.36. The maximum atomic E-state index is 12.7. The second kappa shape index (κ2) is 8.43. The van der Waals surface area contributed by atoms with Crippen molar-refractivity contribution in [2.45, 2.75) is 0 Å². The van der Waals surface area contributed by atoms with Crippen molar-refractivity contribution in [3.8, 4) is 0 Å². The summed E-state index contributed by atoms with van der Waals surface area (Å²) in [6.45, 7) is 2.13. The first-order chi connectivity index (χ1) is 12.5. The molecule has 7 nitrogen and oxygen atoms in total. The topological polar surface area (TPSA) is 83.8 Å². The maximum absolute atomic E-state index is 12.7. The van der Waals surface area contributed by atoms with Gasteiger partial charge < -0.3 is 19.4 Å². The highest BCUT2D eigenvalue weighted by Crippen LogP contribution is 2.18. The summed E-state index contributed by atoms with van der Waals surface area (Å²) in [6.07, 6.45) is 0. The molecule has 1 saturated heterocycles. The lowest BCUT2D eigenvalue weighted by atomic mass is 10.1. The zero-order chi connectivity index (χ0) is 18.5. The van der Waals surface area contributed by atoms with Gasteiger partial charge in [0.05, 0.1) is 24.5 Å². The Kier molecular flexibility index (Phi) is 6.02. The number of nitrogens with zero attached hydrogens (tertiary/aromatic N) is 1. The van der Waals surface area contributed by atoms with E-state index in [4.69, 9.17) is 21.4 Å². The smallest absolute Gasteiger partial charge is 0.293 e. The van der Waals surface area contributed by atoms with Crippen LogP contribution in [0.25, 0.3) is 0 Å². The van der Waals surface area contributed by atoms with Gasteiger partial charge in [-0.25, -0.2) is 0 Å². The predicted molar refractivity (Wildman–Crippen MR) is 103 cm³/mol. The molecule has 0 aliphatic carbocycles. The van der Waals surface area contributed by atoms with Crippen LogP contribution in [-0.4, -0.2) is 48.1 Å². The van der Waals surface area contributed by atoms with Gasteiger partial charge in [-0.1, -0.05) is 12.1 Å². The minimum atomic E-state index is -0.481. The Morgan fingerprint density at radius 1 is 1.12 bits per heavy atom. The summed E-state index contributed by atoms with van der Waals surface area (Å²) in [5, 5.41) is 5.50. The summed E-state index contributed by atoms with van der Waals surface area (Å²) in [5.74, 6) is -0.468. The van der Waals surface area contributed by atoms with Gasteiger partial charge in [0.15, 0.2) is 15.5 Å². The molecule has 136 valence electrons. The van der Waals surface area contributed by atoms with E-state index >= 15 is 0 Å². The fourth-order valence-corrected chi connectivity index (χ4v) is 2.98. The molecule has 1 aliphatic heterocycles. The molecule has 1 aromatic carbocycles. The molecule has 2 N–H and O–H groups in total. The Morgan fingerprint density at radius 2 is 1.85 bits per heavy atom. The summed E-state index contributed by atoms with van der Waals surface area (Å²) in [7, 11) is 0. The van der Waals surface area contributed by atoms with Gasteiger partial charge in [-0.3, -0.25) is 14.9 Å². The van der Waals surface area contributed by atoms with E-state index in [1.807, 2.05) is 0 Å². The van der Waals surface area contributed by atoms with Gasteiger partial charge in [-0.2, -0.15) is 0 Å². The molecule has 0 unspecified atom stereocenters. The summed E-state index contributed by atoms with van der Waals surface area (Å²) < 4.78 is 10.9. The first-order valence-corrected chi connectivity index (χ1v) is 9.08. The van der Waals surface area contributed by atoms with E-state index in [0.717, 1.165) is 0 Å². The van der Waals surface area contributed by atoms with Gasteiger partial charge in [-0.15, -0.1) is 0 Å². The van der Waals surface area contributed by atoms with Crippen molar-refractivity contribution in [1.29, 1.82) is 0 Å². The highest BCUT2D eigenvalue weighted by molar-refractivity contribution is 9.10. The Balaban J connectivity index is 1.68. The van der Waals surface area contributed by atoms with Crippen molar-refractivity contribution in [3.05, 3.63) is 52.4 Å². The summed E-state index contributed by atoms with van der Waals surface area (Å²) in [4.78, 5) is 26.5. The molecule has 0 spiro atoms. The number of carbonyl (C=O) groups excluding carboxylic acids is 2. The number of thiocarbonyl (C=S) groups is 1. The molecular formula is C17H16BrN3O4S. The number of ether oxygens (including phenoxy) is 1. The van der Waals surface area contributed by atoms with E-state index in [1.165, 1.54) is 6.07 Å². The Bertz CT molecular complexity index is 833. The number of anilines is 1. The van der Waals surface area contributed by atoms with Gasteiger partial charge in [0, 0.05) is 13.1 Å². The molecule has 9 heteroatoms. The number of amides is 2. The zero-order valence-corrected chi connectivity index (χ0v) is 16.1. The molecule has 2 aromatic rings. The minimum Gasteiger partial charge on any atom is -0.444 e. The number of morpholine rings is 1. The molecule has 0 bridgehead atoms. The average molecular weight is 438 g/mol. The van der Waals surface area contributed by atoms with Gasteiger partial charge in [0.1, 0.15) is 0 Å². The molecule has 0 atom stereocenters. The van der Waals surface area contributed by atoms with Crippen LogP contribution in [-0.2, 0) is 4.74 Å². The van der Waals surface area contributed by atoms with E-state index in [1.54, 1.807) is 35.2 Å². The van der Waals surface area contributed by atoms with E-state index < -0.39 is 5.91 Å². The maximum Gasteiger partial charge on any atom is 0.293 e. The lowest BCUT2D eigenvalue weighted by Gasteiger charge is -2.27. The highest BCUT2D eigenvalue weighted by Gasteiger charge is 2.21. The molecule has 1 aliphatic rings. The average Bonchev–Trinajstić information content (AvgIpc) is 3.09. The predicted octanol–water partition coefficient (Wildman–Crippen LogP) is 2.64. The number of hydrogen-bond donors (Lipinski definition) is 2. The second-order valence-corrected chi connectivity index (χ2v) is 6.65. The standard InChI is InChI=1S/C17H16BrN3O4S/c18-14-6-5-13(25-14)15(22)20-17(26)19-12-4-2-1-3-11(12)16(23)21-7-9-24-10-8-21/h1-6H,7-10H2,(H2,19,20,22,26). The van der Waals surface area contributed by atoms with Crippen LogP contribution in [0.5, 0.6) is 0 Å². The number of para-hydroxylation sites is 1.